The number of hydrogen-bond acceptors (Lipinski definition) is 8. The number of hydrogen-bond donors (Lipinski definition) is 1. The van der Waals surface area contributed by atoms with Gasteiger partial charge in [-0.05, 0) is 55.9 Å². The number of esters is 1. The van der Waals surface area contributed by atoms with Crippen molar-refractivity contribution in [2.75, 3.05) is 31.1 Å². The predicted octanol–water partition coefficient (Wildman–Crippen LogP) is 3.49. The molecule has 10 heteroatoms. The van der Waals surface area contributed by atoms with Crippen molar-refractivity contribution in [3.63, 3.8) is 0 Å². The zero-order chi connectivity index (χ0) is 31.4. The van der Waals surface area contributed by atoms with E-state index in [4.69, 9.17) is 4.74 Å². The number of rotatable bonds is 7. The highest BCUT2D eigenvalue weighted by Crippen LogP contribution is 2.68. The zero-order valence-corrected chi connectivity index (χ0v) is 26.9. The second-order valence-electron chi connectivity index (χ2n) is 14.3. The molecule has 3 saturated carbocycles. The van der Waals surface area contributed by atoms with Gasteiger partial charge in [0.25, 0.3) is 0 Å². The monoisotopic (exact) mass is 616 g/mol. The van der Waals surface area contributed by atoms with Gasteiger partial charge in [0.05, 0.1) is 17.6 Å². The molecule has 1 aliphatic heterocycles. The molecule has 8 atom stereocenters. The number of carbonyl (C=O) groups excluding carboxylic acids is 2. The van der Waals surface area contributed by atoms with Gasteiger partial charge < -0.3 is 19.3 Å². The Morgan fingerprint density at radius 1 is 1.16 bits per heavy atom. The lowest BCUT2D eigenvalue weighted by Gasteiger charge is -2.61. The van der Waals surface area contributed by atoms with Gasteiger partial charge in [0.15, 0.2) is 15.3 Å². The minimum absolute atomic E-state index is 0.0566. The van der Waals surface area contributed by atoms with Crippen LogP contribution in [0.25, 0.3) is 0 Å². The van der Waals surface area contributed by atoms with Gasteiger partial charge in [-0.15, -0.1) is 6.58 Å². The zero-order valence-electron chi connectivity index (χ0n) is 26.1. The molecule has 1 N–H and O–H groups in total. The third-order valence-corrected chi connectivity index (χ3v) is 13.7. The van der Waals surface area contributed by atoms with E-state index in [0.717, 1.165) is 32.2 Å². The largest absolute Gasteiger partial charge is 0.458 e. The summed E-state index contributed by atoms with van der Waals surface area (Å²) in [7, 11) is -2.94. The van der Waals surface area contributed by atoms with Crippen LogP contribution < -0.4 is 5.43 Å². The highest BCUT2D eigenvalue weighted by molar-refractivity contribution is 7.91. The summed E-state index contributed by atoms with van der Waals surface area (Å²) < 4.78 is 31.6. The number of ketones is 1. The van der Waals surface area contributed by atoms with Crippen LogP contribution in [0.1, 0.15) is 76.6 Å². The highest BCUT2D eigenvalue weighted by Gasteiger charge is 2.68. The van der Waals surface area contributed by atoms with Crippen LogP contribution in [0.3, 0.4) is 0 Å². The van der Waals surface area contributed by atoms with Gasteiger partial charge >= 0.3 is 5.97 Å². The van der Waals surface area contributed by atoms with E-state index in [0.29, 0.717) is 32.5 Å². The molecule has 0 radical (unpaired) electrons. The van der Waals surface area contributed by atoms with Crippen LogP contribution in [0.15, 0.2) is 35.9 Å². The standard InChI is InChI=1S/C33H48N2O7S/c1-6-31(4)20-27(32(5)22(2)8-11-33(23(3)29(31)38)12-9-26(37)28(32)33)42-30(39)24-21-35(15-10-25(24)36)14-7-13-34-16-18-43(40,41)19-17-34/h6,10,15,21-23,27-29,38H,1,7-9,11-14,16-20H2,2-5H3/t22-,23+,27-,28?,29+,31-,32+,33?/m1/s1. The number of aliphatic hydroxyl groups excluding tert-OH is 1. The summed E-state index contributed by atoms with van der Waals surface area (Å²) in [5.74, 6) is -0.537. The molecule has 2 heterocycles. The first-order chi connectivity index (χ1) is 20.2. The van der Waals surface area contributed by atoms with Crippen molar-refractivity contribution in [1.82, 2.24) is 9.47 Å². The van der Waals surface area contributed by atoms with Crippen molar-refractivity contribution in [2.24, 2.45) is 34.0 Å². The Morgan fingerprint density at radius 2 is 1.86 bits per heavy atom. The quantitative estimate of drug-likeness (QED) is 0.365. The Bertz CT molecular complexity index is 1420. The lowest BCUT2D eigenvalue weighted by molar-refractivity contribution is -0.192. The number of ether oxygens (including phenoxy) is 1. The molecule has 43 heavy (non-hydrogen) atoms. The van der Waals surface area contributed by atoms with Gasteiger partial charge in [0, 0.05) is 61.3 Å². The smallest absolute Gasteiger partial charge is 0.343 e. The van der Waals surface area contributed by atoms with E-state index in [1.54, 1.807) is 16.8 Å². The number of aryl methyl sites for hydroxylation is 1. The fourth-order valence-electron chi connectivity index (χ4n) is 8.96. The van der Waals surface area contributed by atoms with Crippen LogP contribution in [-0.2, 0) is 25.9 Å². The molecule has 1 aromatic rings. The van der Waals surface area contributed by atoms with E-state index in [1.165, 1.54) is 12.3 Å². The van der Waals surface area contributed by atoms with E-state index >= 15 is 0 Å². The molecule has 2 unspecified atom stereocenters. The number of aliphatic hydroxyl groups is 1. The van der Waals surface area contributed by atoms with Crippen molar-refractivity contribution in [3.05, 3.63) is 46.9 Å². The minimum Gasteiger partial charge on any atom is -0.458 e. The maximum atomic E-state index is 13.8. The molecule has 1 saturated heterocycles. The summed E-state index contributed by atoms with van der Waals surface area (Å²) in [5.41, 5.74) is -2.27. The fourth-order valence-corrected chi connectivity index (χ4v) is 10.2. The normalized spacial score (nSPS) is 39.4. The van der Waals surface area contributed by atoms with E-state index in [9.17, 15) is 27.9 Å². The molecule has 0 aromatic carbocycles. The molecule has 0 spiro atoms. The molecular formula is C33H48N2O7S. The molecule has 238 valence electrons. The molecular weight excluding hydrogens is 568 g/mol. The summed E-state index contributed by atoms with van der Waals surface area (Å²) >= 11 is 0. The molecule has 4 fully saturated rings. The summed E-state index contributed by atoms with van der Waals surface area (Å²) in [6.07, 6.45) is 7.44. The number of nitrogens with zero attached hydrogens (tertiary/aromatic N) is 2. The minimum atomic E-state index is -2.94. The van der Waals surface area contributed by atoms with Crippen molar-refractivity contribution in [2.45, 2.75) is 85.0 Å². The number of aromatic nitrogens is 1. The molecule has 3 aliphatic carbocycles. The van der Waals surface area contributed by atoms with Crippen LogP contribution in [-0.4, -0.2) is 78.1 Å². The molecule has 4 aliphatic rings. The van der Waals surface area contributed by atoms with Crippen LogP contribution in [0.5, 0.6) is 0 Å². The van der Waals surface area contributed by atoms with Gasteiger partial charge in [0.1, 0.15) is 17.5 Å². The summed E-state index contributed by atoms with van der Waals surface area (Å²) in [4.78, 5) is 42.5. The molecule has 2 bridgehead atoms. The average molecular weight is 617 g/mol. The molecule has 9 nitrogen and oxygen atoms in total. The lowest BCUT2D eigenvalue weighted by Crippen LogP contribution is -2.63. The van der Waals surface area contributed by atoms with Gasteiger partial charge in [0.2, 0.25) is 0 Å². The number of Topliss-reactive ketones (excluding diaryl/α,β-unsaturated/α-hetero) is 1. The van der Waals surface area contributed by atoms with Crippen molar-refractivity contribution >= 4 is 21.6 Å². The van der Waals surface area contributed by atoms with Crippen LogP contribution in [0.2, 0.25) is 0 Å². The fraction of sp³-hybridized carbons (Fsp3) is 0.727. The van der Waals surface area contributed by atoms with E-state index in [2.05, 4.69) is 32.3 Å². The first-order valence-electron chi connectivity index (χ1n) is 15.8. The van der Waals surface area contributed by atoms with Crippen LogP contribution in [0.4, 0.5) is 0 Å². The van der Waals surface area contributed by atoms with E-state index in [1.807, 2.05) is 6.92 Å². The SMILES string of the molecule is C=C[C@]1(C)C[C@@H](OC(=O)c2cn(CCCN3CCS(=O)(=O)CC3)ccc2=O)[C@@]2(C)C3C(=O)CCC3(CC[C@H]2C)[C@@H](C)[C@@H]1O. The Balaban J connectivity index is 1.40. The summed E-state index contributed by atoms with van der Waals surface area (Å²) in [6.45, 7) is 14.6. The second-order valence-corrected chi connectivity index (χ2v) is 16.6. The first-order valence-corrected chi connectivity index (χ1v) is 17.7. The van der Waals surface area contributed by atoms with Crippen molar-refractivity contribution < 1.29 is 27.9 Å². The second kappa shape index (κ2) is 11.6. The van der Waals surface area contributed by atoms with Crippen LogP contribution >= 0.6 is 0 Å². The van der Waals surface area contributed by atoms with Gasteiger partial charge in [-0.3, -0.25) is 9.59 Å². The third kappa shape index (κ3) is 5.56. The van der Waals surface area contributed by atoms with Crippen LogP contribution in [0, 0.1) is 34.0 Å². The Hall–Kier alpha value is -2.30. The van der Waals surface area contributed by atoms with Crippen molar-refractivity contribution in [1.29, 1.82) is 0 Å². The van der Waals surface area contributed by atoms with Gasteiger partial charge in [-0.1, -0.05) is 33.8 Å². The van der Waals surface area contributed by atoms with E-state index in [-0.39, 0.29) is 46.0 Å². The predicted molar refractivity (Wildman–Crippen MR) is 164 cm³/mol. The molecule has 5 rings (SSSR count). The maximum absolute atomic E-state index is 13.8. The van der Waals surface area contributed by atoms with Crippen molar-refractivity contribution in [3.8, 4) is 0 Å². The Labute approximate surface area is 255 Å². The average Bonchev–Trinajstić information content (AvgIpc) is 3.33. The Kier molecular flexibility index (Phi) is 8.64. The van der Waals surface area contributed by atoms with Gasteiger partial charge in [-0.25, -0.2) is 13.2 Å². The maximum Gasteiger partial charge on any atom is 0.343 e. The summed E-state index contributed by atoms with van der Waals surface area (Å²) in [5, 5.41) is 11.7. The van der Waals surface area contributed by atoms with Gasteiger partial charge in [-0.2, -0.15) is 0 Å². The molecule has 1 aromatic heterocycles. The van der Waals surface area contributed by atoms with E-state index < -0.39 is 44.3 Å². The third-order valence-electron chi connectivity index (χ3n) is 12.1. The summed E-state index contributed by atoms with van der Waals surface area (Å²) in [6, 6.07) is 1.37. The topological polar surface area (TPSA) is 123 Å². The lowest BCUT2D eigenvalue weighted by atomic mass is 9.44. The first kappa shape index (κ1) is 32.1. The number of carbonyl (C=O) groups is 2. The Morgan fingerprint density at radius 3 is 2.53 bits per heavy atom. The molecule has 0 amide bonds. The number of sulfone groups is 1. The number of pyridine rings is 1. The highest BCUT2D eigenvalue weighted by atomic mass is 32.2.